The van der Waals surface area contributed by atoms with Crippen molar-refractivity contribution in [2.45, 2.75) is 23.9 Å². The van der Waals surface area contributed by atoms with E-state index in [1.807, 2.05) is 72.2 Å². The van der Waals surface area contributed by atoms with Crippen LogP contribution in [0.25, 0.3) is 5.69 Å². The fourth-order valence-electron chi connectivity index (χ4n) is 3.53. The van der Waals surface area contributed by atoms with E-state index in [0.29, 0.717) is 33.9 Å². The maximum Gasteiger partial charge on any atom is 0.220 e. The van der Waals surface area contributed by atoms with E-state index in [-0.39, 0.29) is 11.5 Å². The number of ether oxygens (including phenoxy) is 2. The van der Waals surface area contributed by atoms with Gasteiger partial charge in [-0.1, -0.05) is 53.7 Å². The normalized spacial score (nSPS) is 11.7. The smallest absolute Gasteiger partial charge is 0.220 e. The molecule has 1 heterocycles. The fourth-order valence-corrected chi connectivity index (χ4v) is 4.86. The lowest BCUT2D eigenvalue weighted by molar-refractivity contribution is -0.479. The predicted molar refractivity (Wildman–Crippen MR) is 135 cm³/mol. The van der Waals surface area contributed by atoms with E-state index in [4.69, 9.17) is 21.1 Å². The molecule has 0 saturated carbocycles. The molecule has 3 aromatic carbocycles. The lowest BCUT2D eigenvalue weighted by atomic mass is 10.1. The summed E-state index contributed by atoms with van der Waals surface area (Å²) in [4.78, 5) is 11.3. The van der Waals surface area contributed by atoms with Crippen LogP contribution >= 0.6 is 23.4 Å². The quantitative estimate of drug-likeness (QED) is 0.148. The molecule has 0 unspecified atom stereocenters. The van der Waals surface area contributed by atoms with Crippen molar-refractivity contribution in [1.29, 1.82) is 0 Å². The summed E-state index contributed by atoms with van der Waals surface area (Å²) in [5.41, 5.74) is 2.49. The van der Waals surface area contributed by atoms with Crippen molar-refractivity contribution in [3.05, 3.63) is 105 Å². The molecule has 10 heteroatoms. The highest BCUT2D eigenvalue weighted by atomic mass is 35.5. The van der Waals surface area contributed by atoms with Crippen LogP contribution in [0.4, 0.5) is 0 Å². The van der Waals surface area contributed by atoms with Gasteiger partial charge in [-0.25, -0.2) is 0 Å². The van der Waals surface area contributed by atoms with Gasteiger partial charge in [0.1, 0.15) is 29.2 Å². The van der Waals surface area contributed by atoms with Crippen LogP contribution in [0.5, 0.6) is 11.5 Å². The molecule has 8 nitrogen and oxygen atoms in total. The molecule has 0 saturated heterocycles. The minimum atomic E-state index is -0.549. The molecule has 180 valence electrons. The molecule has 0 amide bonds. The van der Waals surface area contributed by atoms with E-state index in [1.165, 1.54) is 11.8 Å². The first-order valence-corrected chi connectivity index (χ1v) is 12.0. The van der Waals surface area contributed by atoms with Crippen LogP contribution in [0.15, 0.2) is 78.0 Å². The van der Waals surface area contributed by atoms with Gasteiger partial charge in [-0.2, -0.15) is 0 Å². The molecule has 4 aromatic rings. The van der Waals surface area contributed by atoms with Gasteiger partial charge in [0.25, 0.3) is 0 Å². The number of aryl methyl sites for hydroxylation is 1. The van der Waals surface area contributed by atoms with Crippen LogP contribution in [0, 0.1) is 17.0 Å². The Kier molecular flexibility index (Phi) is 7.89. The number of thioether (sulfide) groups is 1. The largest absolute Gasteiger partial charge is 0.497 e. The first-order chi connectivity index (χ1) is 16.9. The minimum Gasteiger partial charge on any atom is -0.497 e. The standard InChI is InChI=1S/C25H23ClN4O4S/c1-17-27-28-25(30(17)20-11-13-21(33-2)14-12-20)35-24(15-29(31)32)22-5-3-4-6-23(22)34-16-18-7-9-19(26)10-8-18/h3-14,24H,15-16H2,1-2H3/t24-/m1/s1. The highest BCUT2D eigenvalue weighted by Crippen LogP contribution is 2.40. The molecule has 35 heavy (non-hydrogen) atoms. The van der Waals surface area contributed by atoms with Crippen molar-refractivity contribution in [2.75, 3.05) is 13.7 Å². The lowest BCUT2D eigenvalue weighted by Crippen LogP contribution is -2.12. The molecule has 0 N–H and O–H groups in total. The van der Waals surface area contributed by atoms with Crippen molar-refractivity contribution in [2.24, 2.45) is 0 Å². The highest BCUT2D eigenvalue weighted by Gasteiger charge is 2.26. The fraction of sp³-hybridized carbons (Fsp3) is 0.200. The molecule has 4 rings (SSSR count). The third-order valence-electron chi connectivity index (χ3n) is 5.26. The highest BCUT2D eigenvalue weighted by molar-refractivity contribution is 7.99. The van der Waals surface area contributed by atoms with E-state index in [2.05, 4.69) is 10.2 Å². The number of para-hydroxylation sites is 1. The third-order valence-corrected chi connectivity index (χ3v) is 6.68. The number of hydrogen-bond acceptors (Lipinski definition) is 7. The molecule has 1 atom stereocenters. The number of benzene rings is 3. The number of hydrogen-bond donors (Lipinski definition) is 0. The molecule has 0 bridgehead atoms. The van der Waals surface area contributed by atoms with Crippen LogP contribution < -0.4 is 9.47 Å². The summed E-state index contributed by atoms with van der Waals surface area (Å²) in [6.45, 7) is 1.85. The second-order valence-electron chi connectivity index (χ2n) is 7.64. The Hall–Kier alpha value is -3.56. The molecule has 0 fully saturated rings. The Morgan fingerprint density at radius 2 is 1.77 bits per heavy atom. The van der Waals surface area contributed by atoms with Gasteiger partial charge in [0, 0.05) is 21.2 Å². The minimum absolute atomic E-state index is 0.305. The zero-order valence-corrected chi connectivity index (χ0v) is 20.7. The second kappa shape index (κ2) is 11.2. The molecule has 1 aromatic heterocycles. The van der Waals surface area contributed by atoms with Crippen molar-refractivity contribution < 1.29 is 14.4 Å². The van der Waals surface area contributed by atoms with E-state index in [9.17, 15) is 10.1 Å². The molecule has 0 spiro atoms. The third kappa shape index (κ3) is 6.12. The summed E-state index contributed by atoms with van der Waals surface area (Å²) in [5.74, 6) is 1.98. The first kappa shape index (κ1) is 24.6. The maximum absolute atomic E-state index is 11.6. The summed E-state index contributed by atoms with van der Waals surface area (Å²) in [5, 5.41) is 20.8. The molecule has 0 radical (unpaired) electrons. The summed E-state index contributed by atoms with van der Waals surface area (Å²) >= 11 is 7.25. The van der Waals surface area contributed by atoms with Gasteiger partial charge < -0.3 is 9.47 Å². The van der Waals surface area contributed by atoms with Crippen LogP contribution in [0.1, 0.15) is 22.2 Å². The van der Waals surface area contributed by atoms with E-state index in [0.717, 1.165) is 17.0 Å². The van der Waals surface area contributed by atoms with Gasteiger partial charge in [-0.3, -0.25) is 14.7 Å². The van der Waals surface area contributed by atoms with Crippen molar-refractivity contribution in [1.82, 2.24) is 14.8 Å². The van der Waals surface area contributed by atoms with Gasteiger partial charge >= 0.3 is 0 Å². The van der Waals surface area contributed by atoms with Crippen LogP contribution in [0.3, 0.4) is 0 Å². The summed E-state index contributed by atoms with van der Waals surface area (Å²) < 4.78 is 13.2. The van der Waals surface area contributed by atoms with Gasteiger partial charge in [0.2, 0.25) is 6.54 Å². The van der Waals surface area contributed by atoms with E-state index >= 15 is 0 Å². The van der Waals surface area contributed by atoms with Gasteiger partial charge in [0.15, 0.2) is 5.16 Å². The molecule has 0 aliphatic heterocycles. The summed E-state index contributed by atoms with van der Waals surface area (Å²) in [7, 11) is 1.61. The monoisotopic (exact) mass is 510 g/mol. The zero-order valence-electron chi connectivity index (χ0n) is 19.1. The number of nitro groups is 1. The van der Waals surface area contributed by atoms with Crippen molar-refractivity contribution in [3.8, 4) is 17.2 Å². The topological polar surface area (TPSA) is 92.3 Å². The average Bonchev–Trinajstić information content (AvgIpc) is 3.23. The van der Waals surface area contributed by atoms with Gasteiger partial charge in [-0.15, -0.1) is 10.2 Å². The molecule has 0 aliphatic rings. The zero-order chi connectivity index (χ0) is 24.8. The summed E-state index contributed by atoms with van der Waals surface area (Å²) in [6, 6.07) is 22.2. The average molecular weight is 511 g/mol. The van der Waals surface area contributed by atoms with Crippen molar-refractivity contribution in [3.63, 3.8) is 0 Å². The Labute approximate surface area is 212 Å². The number of halogens is 1. The van der Waals surface area contributed by atoms with Crippen molar-refractivity contribution >= 4 is 23.4 Å². The summed E-state index contributed by atoms with van der Waals surface area (Å²) in [6.07, 6.45) is 0. The second-order valence-corrected chi connectivity index (χ2v) is 9.24. The number of aromatic nitrogens is 3. The Balaban J connectivity index is 1.63. The lowest BCUT2D eigenvalue weighted by Gasteiger charge is -2.18. The molecule has 0 aliphatic carbocycles. The SMILES string of the molecule is COc1ccc(-n2c(C)nnc2S[C@H](C[N+](=O)[O-])c2ccccc2OCc2ccc(Cl)cc2)cc1. The van der Waals surface area contributed by atoms with E-state index < -0.39 is 5.25 Å². The van der Waals surface area contributed by atoms with Crippen LogP contribution in [-0.4, -0.2) is 33.3 Å². The van der Waals surface area contributed by atoms with Crippen LogP contribution in [0.2, 0.25) is 5.02 Å². The Bertz CT molecular complexity index is 1300. The van der Waals surface area contributed by atoms with Gasteiger partial charge in [0.05, 0.1) is 7.11 Å². The first-order valence-electron chi connectivity index (χ1n) is 10.8. The van der Waals surface area contributed by atoms with Gasteiger partial charge in [-0.05, 0) is 55.0 Å². The number of methoxy groups -OCH3 is 1. The Morgan fingerprint density at radius 3 is 2.46 bits per heavy atom. The molecular formula is C25H23ClN4O4S. The number of rotatable bonds is 10. The Morgan fingerprint density at radius 1 is 1.06 bits per heavy atom. The van der Waals surface area contributed by atoms with E-state index in [1.54, 1.807) is 19.2 Å². The maximum atomic E-state index is 11.6. The molecular weight excluding hydrogens is 488 g/mol. The number of nitrogens with zero attached hydrogens (tertiary/aromatic N) is 4. The predicted octanol–water partition coefficient (Wildman–Crippen LogP) is 5.93. The van der Waals surface area contributed by atoms with Crippen LogP contribution in [-0.2, 0) is 6.61 Å².